The molecule has 0 spiro atoms. The SMILES string of the molecule is Cc1ccnc(NC(=O)c2ccc(Br)c(C(F)(F)F)c2)c1. The number of carbonyl (C=O) groups excluding carboxylic acids is 1. The third-order valence-electron chi connectivity index (χ3n) is 2.69. The highest BCUT2D eigenvalue weighted by Crippen LogP contribution is 2.35. The fourth-order valence-electron chi connectivity index (χ4n) is 1.68. The summed E-state index contributed by atoms with van der Waals surface area (Å²) in [5.41, 5.74) is -0.103. The summed E-state index contributed by atoms with van der Waals surface area (Å²) in [4.78, 5) is 15.9. The number of benzene rings is 1. The van der Waals surface area contributed by atoms with E-state index in [0.717, 1.165) is 11.6 Å². The molecule has 3 nitrogen and oxygen atoms in total. The van der Waals surface area contributed by atoms with Crippen molar-refractivity contribution < 1.29 is 18.0 Å². The van der Waals surface area contributed by atoms with Gasteiger partial charge in [0.1, 0.15) is 5.82 Å². The Morgan fingerprint density at radius 1 is 1.24 bits per heavy atom. The molecule has 0 aliphatic rings. The number of halogens is 4. The molecule has 110 valence electrons. The summed E-state index contributed by atoms with van der Waals surface area (Å²) in [6, 6.07) is 6.68. The average Bonchev–Trinajstić information content (AvgIpc) is 2.37. The van der Waals surface area contributed by atoms with Crippen LogP contribution in [0.4, 0.5) is 19.0 Å². The van der Waals surface area contributed by atoms with E-state index in [4.69, 9.17) is 0 Å². The summed E-state index contributed by atoms with van der Waals surface area (Å²) in [7, 11) is 0. The second-order valence-electron chi connectivity index (χ2n) is 4.36. The highest BCUT2D eigenvalue weighted by Gasteiger charge is 2.33. The van der Waals surface area contributed by atoms with E-state index in [0.29, 0.717) is 0 Å². The summed E-state index contributed by atoms with van der Waals surface area (Å²) in [5, 5.41) is 2.46. The molecule has 0 atom stereocenters. The van der Waals surface area contributed by atoms with Crippen LogP contribution in [-0.4, -0.2) is 10.9 Å². The average molecular weight is 359 g/mol. The first-order valence-corrected chi connectivity index (χ1v) is 6.67. The van der Waals surface area contributed by atoms with Crippen LogP contribution < -0.4 is 5.32 Å². The third-order valence-corrected chi connectivity index (χ3v) is 3.38. The number of aromatic nitrogens is 1. The first kappa shape index (κ1) is 15.5. The molecule has 0 unspecified atom stereocenters. The zero-order chi connectivity index (χ0) is 15.6. The molecule has 1 amide bonds. The Bertz CT molecular complexity index is 686. The van der Waals surface area contributed by atoms with E-state index in [1.165, 1.54) is 18.3 Å². The number of pyridine rings is 1. The first-order valence-electron chi connectivity index (χ1n) is 5.88. The van der Waals surface area contributed by atoms with Crippen LogP contribution in [0.15, 0.2) is 41.0 Å². The number of hydrogen-bond acceptors (Lipinski definition) is 2. The molecule has 0 aliphatic carbocycles. The largest absolute Gasteiger partial charge is 0.417 e. The topological polar surface area (TPSA) is 42.0 Å². The number of nitrogens with zero attached hydrogens (tertiary/aromatic N) is 1. The van der Waals surface area contributed by atoms with Gasteiger partial charge in [-0.2, -0.15) is 13.2 Å². The van der Waals surface area contributed by atoms with Crippen molar-refractivity contribution in [3.8, 4) is 0 Å². The van der Waals surface area contributed by atoms with Gasteiger partial charge in [-0.3, -0.25) is 4.79 Å². The number of amides is 1. The standard InChI is InChI=1S/C14H10BrF3N2O/c1-8-4-5-19-12(6-8)20-13(21)9-2-3-11(15)10(7-9)14(16,17)18/h2-7H,1H3,(H,19,20,21). The number of rotatable bonds is 2. The molecule has 1 aromatic heterocycles. The van der Waals surface area contributed by atoms with Crippen molar-refractivity contribution in [3.05, 3.63) is 57.7 Å². The smallest absolute Gasteiger partial charge is 0.307 e. The van der Waals surface area contributed by atoms with Crippen molar-refractivity contribution in [2.75, 3.05) is 5.32 Å². The van der Waals surface area contributed by atoms with Gasteiger partial charge in [0.05, 0.1) is 5.56 Å². The first-order chi connectivity index (χ1) is 9.77. The van der Waals surface area contributed by atoms with Crippen molar-refractivity contribution in [2.24, 2.45) is 0 Å². The number of hydrogen-bond donors (Lipinski definition) is 1. The lowest BCUT2D eigenvalue weighted by molar-refractivity contribution is -0.138. The number of aryl methyl sites for hydroxylation is 1. The molecule has 0 saturated heterocycles. The van der Waals surface area contributed by atoms with Gasteiger partial charge in [0.2, 0.25) is 0 Å². The molecule has 21 heavy (non-hydrogen) atoms. The molecule has 2 aromatic rings. The number of alkyl halides is 3. The molecule has 1 aromatic carbocycles. The minimum Gasteiger partial charge on any atom is -0.307 e. The fraction of sp³-hybridized carbons (Fsp3) is 0.143. The van der Waals surface area contributed by atoms with Gasteiger partial charge < -0.3 is 5.32 Å². The summed E-state index contributed by atoms with van der Waals surface area (Å²) in [6.07, 6.45) is -3.02. The monoisotopic (exact) mass is 358 g/mol. The van der Waals surface area contributed by atoms with Crippen LogP contribution in [0, 0.1) is 6.92 Å². The van der Waals surface area contributed by atoms with Crippen LogP contribution in [0.3, 0.4) is 0 Å². The maximum atomic E-state index is 12.8. The van der Waals surface area contributed by atoms with Crippen molar-refractivity contribution in [2.45, 2.75) is 13.1 Å². The summed E-state index contributed by atoms with van der Waals surface area (Å²) in [6.45, 7) is 1.82. The van der Waals surface area contributed by atoms with Crippen LogP contribution in [-0.2, 0) is 6.18 Å². The van der Waals surface area contributed by atoms with Gasteiger partial charge in [0.15, 0.2) is 0 Å². The molecule has 0 saturated carbocycles. The molecule has 0 radical (unpaired) electrons. The molecule has 1 N–H and O–H groups in total. The van der Waals surface area contributed by atoms with Crippen LogP contribution in [0.1, 0.15) is 21.5 Å². The highest BCUT2D eigenvalue weighted by molar-refractivity contribution is 9.10. The minimum atomic E-state index is -4.53. The Kier molecular flexibility index (Phi) is 4.32. The lowest BCUT2D eigenvalue weighted by atomic mass is 10.1. The van der Waals surface area contributed by atoms with Gasteiger partial charge in [-0.1, -0.05) is 15.9 Å². The van der Waals surface area contributed by atoms with E-state index in [-0.39, 0.29) is 15.9 Å². The highest BCUT2D eigenvalue weighted by atomic mass is 79.9. The van der Waals surface area contributed by atoms with E-state index in [9.17, 15) is 18.0 Å². The quantitative estimate of drug-likeness (QED) is 0.862. The molecule has 1 heterocycles. The van der Waals surface area contributed by atoms with Crippen LogP contribution >= 0.6 is 15.9 Å². The van der Waals surface area contributed by atoms with Crippen LogP contribution in [0.2, 0.25) is 0 Å². The fourth-order valence-corrected chi connectivity index (χ4v) is 2.15. The minimum absolute atomic E-state index is 0.0890. The van der Waals surface area contributed by atoms with E-state index in [1.54, 1.807) is 12.1 Å². The molecule has 0 fully saturated rings. The van der Waals surface area contributed by atoms with E-state index in [2.05, 4.69) is 26.2 Å². The van der Waals surface area contributed by atoms with Gasteiger partial charge >= 0.3 is 6.18 Å². The Hall–Kier alpha value is -1.89. The van der Waals surface area contributed by atoms with Crippen molar-refractivity contribution in [1.82, 2.24) is 4.98 Å². The van der Waals surface area contributed by atoms with Gasteiger partial charge in [-0.15, -0.1) is 0 Å². The second-order valence-corrected chi connectivity index (χ2v) is 5.22. The molecular weight excluding hydrogens is 349 g/mol. The maximum absolute atomic E-state index is 12.8. The Morgan fingerprint density at radius 2 is 1.95 bits per heavy atom. The van der Waals surface area contributed by atoms with Gasteiger partial charge in [0, 0.05) is 16.2 Å². The zero-order valence-electron chi connectivity index (χ0n) is 10.8. The van der Waals surface area contributed by atoms with E-state index >= 15 is 0 Å². The van der Waals surface area contributed by atoms with Crippen molar-refractivity contribution >= 4 is 27.7 Å². The molecule has 0 aliphatic heterocycles. The summed E-state index contributed by atoms with van der Waals surface area (Å²) < 4.78 is 38.3. The summed E-state index contributed by atoms with van der Waals surface area (Å²) >= 11 is 2.83. The summed E-state index contributed by atoms with van der Waals surface area (Å²) in [5.74, 6) is -0.359. The van der Waals surface area contributed by atoms with Crippen molar-refractivity contribution in [1.29, 1.82) is 0 Å². The Labute approximate surface area is 127 Å². The number of carbonyl (C=O) groups is 1. The van der Waals surface area contributed by atoms with Crippen LogP contribution in [0.5, 0.6) is 0 Å². The molecule has 2 rings (SSSR count). The Morgan fingerprint density at radius 3 is 2.57 bits per heavy atom. The predicted octanol–water partition coefficient (Wildman–Crippen LogP) is 4.42. The maximum Gasteiger partial charge on any atom is 0.417 e. The number of anilines is 1. The normalized spacial score (nSPS) is 11.3. The predicted molar refractivity (Wildman–Crippen MR) is 76.1 cm³/mol. The molecule has 0 bridgehead atoms. The lowest BCUT2D eigenvalue weighted by Gasteiger charge is -2.11. The van der Waals surface area contributed by atoms with E-state index < -0.39 is 17.6 Å². The number of nitrogens with one attached hydrogen (secondary N) is 1. The van der Waals surface area contributed by atoms with Crippen molar-refractivity contribution in [3.63, 3.8) is 0 Å². The van der Waals surface area contributed by atoms with Gasteiger partial charge in [-0.05, 0) is 42.8 Å². The zero-order valence-corrected chi connectivity index (χ0v) is 12.4. The van der Waals surface area contributed by atoms with Gasteiger partial charge in [-0.25, -0.2) is 4.98 Å². The second kappa shape index (κ2) is 5.85. The lowest BCUT2D eigenvalue weighted by Crippen LogP contribution is -2.15. The Balaban J connectivity index is 2.28. The molecular formula is C14H10BrF3N2O. The van der Waals surface area contributed by atoms with Crippen LogP contribution in [0.25, 0.3) is 0 Å². The van der Waals surface area contributed by atoms with E-state index in [1.807, 2.05) is 6.92 Å². The van der Waals surface area contributed by atoms with Gasteiger partial charge in [0.25, 0.3) is 5.91 Å². The molecule has 7 heteroatoms. The third kappa shape index (κ3) is 3.81.